The van der Waals surface area contributed by atoms with E-state index in [2.05, 4.69) is 51.9 Å². The summed E-state index contributed by atoms with van der Waals surface area (Å²) in [4.78, 5) is 16.7. The third kappa shape index (κ3) is 3.86. The Morgan fingerprint density at radius 3 is 2.74 bits per heavy atom. The van der Waals surface area contributed by atoms with Crippen LogP contribution in [0.5, 0.6) is 0 Å². The first-order valence-electron chi connectivity index (χ1n) is 12.0. The highest BCUT2D eigenvalue weighted by atomic mass is 32.1. The van der Waals surface area contributed by atoms with Crippen LogP contribution in [0.2, 0.25) is 0 Å². The lowest BCUT2D eigenvalue weighted by atomic mass is 10.0. The van der Waals surface area contributed by atoms with E-state index in [4.69, 9.17) is 5.41 Å². The van der Waals surface area contributed by atoms with Crippen molar-refractivity contribution in [3.63, 3.8) is 0 Å². The maximum Gasteiger partial charge on any atom is 0.222 e. The molecule has 1 fully saturated rings. The number of anilines is 1. The van der Waals surface area contributed by atoms with Crippen molar-refractivity contribution in [2.45, 2.75) is 32.2 Å². The number of aromatic amines is 1. The van der Waals surface area contributed by atoms with Gasteiger partial charge in [0.05, 0.1) is 11.4 Å². The molecular weight excluding hydrogens is 454 g/mol. The summed E-state index contributed by atoms with van der Waals surface area (Å²) in [6.45, 7) is 1.58. The summed E-state index contributed by atoms with van der Waals surface area (Å²) in [7, 11) is 1.87. The average molecular weight is 482 g/mol. The van der Waals surface area contributed by atoms with Crippen LogP contribution in [0.15, 0.2) is 48.5 Å². The molecule has 0 bridgehead atoms. The number of carbonyl (C=O) groups is 1. The zero-order valence-corrected chi connectivity index (χ0v) is 20.5. The molecule has 1 aliphatic heterocycles. The molecular formula is C28H27N5OS. The third-order valence-electron chi connectivity index (χ3n) is 7.07. The number of piperidine rings is 1. The summed E-state index contributed by atoms with van der Waals surface area (Å²) >= 11 is 1.84. The quantitative estimate of drug-likeness (QED) is 0.263. The highest BCUT2D eigenvalue weighted by Gasteiger charge is 2.28. The molecule has 0 radical (unpaired) electrons. The van der Waals surface area contributed by atoms with Gasteiger partial charge < -0.3 is 15.6 Å². The van der Waals surface area contributed by atoms with Crippen molar-refractivity contribution in [2.75, 3.05) is 18.9 Å². The molecule has 1 amide bonds. The van der Waals surface area contributed by atoms with E-state index in [-0.39, 0.29) is 5.91 Å². The van der Waals surface area contributed by atoms with Crippen LogP contribution >= 0.6 is 11.3 Å². The van der Waals surface area contributed by atoms with Crippen LogP contribution in [-0.2, 0) is 17.8 Å². The van der Waals surface area contributed by atoms with Gasteiger partial charge in [-0.15, -0.1) is 11.3 Å². The van der Waals surface area contributed by atoms with Gasteiger partial charge in [-0.25, -0.2) is 0 Å². The minimum Gasteiger partial charge on any atom is -0.388 e. The fraction of sp³-hybridized carbons (Fsp3) is 0.250. The van der Waals surface area contributed by atoms with Crippen LogP contribution in [0.3, 0.4) is 0 Å². The number of amides is 1. The number of hydrogen-bond donors (Lipinski definition) is 3. The smallest absolute Gasteiger partial charge is 0.222 e. The van der Waals surface area contributed by atoms with Crippen LogP contribution in [-0.4, -0.2) is 40.8 Å². The molecule has 3 N–H and O–H groups in total. The Morgan fingerprint density at radius 2 is 1.97 bits per heavy atom. The lowest BCUT2D eigenvalue weighted by molar-refractivity contribution is -0.133. The van der Waals surface area contributed by atoms with E-state index in [0.717, 1.165) is 54.0 Å². The van der Waals surface area contributed by atoms with Gasteiger partial charge in [-0.3, -0.25) is 9.89 Å². The van der Waals surface area contributed by atoms with Crippen molar-refractivity contribution in [3.05, 3.63) is 70.1 Å². The normalized spacial score (nSPS) is 14.7. The Balaban J connectivity index is 1.24. The van der Waals surface area contributed by atoms with E-state index in [9.17, 15) is 4.79 Å². The molecule has 7 heteroatoms. The van der Waals surface area contributed by atoms with E-state index < -0.39 is 0 Å². The molecule has 176 valence electrons. The zero-order valence-electron chi connectivity index (χ0n) is 19.6. The predicted octanol–water partition coefficient (Wildman–Crippen LogP) is 5.93. The van der Waals surface area contributed by atoms with Gasteiger partial charge in [0.2, 0.25) is 5.91 Å². The SMILES string of the molecule is CNc1cc(-c2n[nH]c3c2Cc2sc(-c4ccc(CN5CCCCC5=O)cc4)cc2-3)ccc1C=N. The van der Waals surface area contributed by atoms with Gasteiger partial charge in [0.25, 0.3) is 0 Å². The fourth-order valence-electron chi connectivity index (χ4n) is 5.14. The van der Waals surface area contributed by atoms with E-state index in [1.807, 2.05) is 35.4 Å². The largest absolute Gasteiger partial charge is 0.388 e. The molecule has 0 saturated carbocycles. The molecule has 2 aromatic heterocycles. The highest BCUT2D eigenvalue weighted by Crippen LogP contribution is 2.46. The second-order valence-electron chi connectivity index (χ2n) is 9.22. The number of nitrogens with zero attached hydrogens (tertiary/aromatic N) is 2. The molecule has 1 saturated heterocycles. The van der Waals surface area contributed by atoms with E-state index in [0.29, 0.717) is 13.0 Å². The number of aromatic nitrogens is 2. The van der Waals surface area contributed by atoms with Gasteiger partial charge >= 0.3 is 0 Å². The number of hydrogen-bond acceptors (Lipinski definition) is 5. The summed E-state index contributed by atoms with van der Waals surface area (Å²) in [5, 5.41) is 18.7. The zero-order chi connectivity index (χ0) is 23.9. The Bertz CT molecular complexity index is 1430. The number of carbonyl (C=O) groups excluding carboxylic acids is 1. The van der Waals surface area contributed by atoms with Crippen LogP contribution in [0.1, 0.15) is 40.8 Å². The van der Waals surface area contributed by atoms with Gasteiger partial charge in [0.15, 0.2) is 0 Å². The molecule has 6 nitrogen and oxygen atoms in total. The van der Waals surface area contributed by atoms with Gasteiger partial charge in [0.1, 0.15) is 0 Å². The van der Waals surface area contributed by atoms with Crippen molar-refractivity contribution in [1.29, 1.82) is 5.41 Å². The minimum absolute atomic E-state index is 0.276. The maximum absolute atomic E-state index is 12.1. The van der Waals surface area contributed by atoms with Crippen LogP contribution in [0.4, 0.5) is 5.69 Å². The Kier molecular flexibility index (Phi) is 5.49. The highest BCUT2D eigenvalue weighted by molar-refractivity contribution is 7.16. The van der Waals surface area contributed by atoms with Crippen LogP contribution in [0.25, 0.3) is 33.0 Å². The molecule has 2 aliphatic rings. The van der Waals surface area contributed by atoms with E-state index in [1.165, 1.54) is 38.2 Å². The van der Waals surface area contributed by atoms with Crippen molar-refractivity contribution < 1.29 is 4.79 Å². The topological polar surface area (TPSA) is 84.9 Å². The first-order valence-corrected chi connectivity index (χ1v) is 12.9. The number of likely N-dealkylation sites (tertiary alicyclic amines) is 1. The first-order chi connectivity index (χ1) is 17.1. The van der Waals surface area contributed by atoms with Gasteiger partial charge in [-0.1, -0.05) is 36.4 Å². The van der Waals surface area contributed by atoms with E-state index in [1.54, 1.807) is 0 Å². The molecule has 4 aromatic rings. The van der Waals surface area contributed by atoms with Gasteiger partial charge in [-0.05, 0) is 36.1 Å². The minimum atomic E-state index is 0.276. The molecule has 3 heterocycles. The molecule has 0 unspecified atom stereocenters. The van der Waals surface area contributed by atoms with E-state index >= 15 is 0 Å². The molecule has 35 heavy (non-hydrogen) atoms. The van der Waals surface area contributed by atoms with Crippen LogP contribution < -0.4 is 5.32 Å². The van der Waals surface area contributed by atoms with Crippen LogP contribution in [0, 0.1) is 5.41 Å². The average Bonchev–Trinajstić information content (AvgIpc) is 3.57. The van der Waals surface area contributed by atoms with Crippen molar-refractivity contribution in [1.82, 2.24) is 15.1 Å². The number of H-pyrrole nitrogens is 1. The van der Waals surface area contributed by atoms with Crippen molar-refractivity contribution in [3.8, 4) is 33.0 Å². The molecule has 0 atom stereocenters. The summed E-state index contributed by atoms with van der Waals surface area (Å²) in [6, 6.07) is 17.0. The fourth-order valence-corrected chi connectivity index (χ4v) is 6.33. The summed E-state index contributed by atoms with van der Waals surface area (Å²) in [5.41, 5.74) is 9.81. The lowest BCUT2D eigenvalue weighted by Gasteiger charge is -2.26. The molecule has 1 aliphatic carbocycles. The second kappa shape index (κ2) is 8.82. The number of nitrogens with one attached hydrogen (secondary N) is 3. The van der Waals surface area contributed by atoms with Gasteiger partial charge in [0, 0.05) is 76.9 Å². The number of fused-ring (bicyclic) bond motifs is 3. The van der Waals surface area contributed by atoms with Crippen molar-refractivity contribution >= 4 is 29.1 Å². The molecule has 6 rings (SSSR count). The molecule has 2 aromatic carbocycles. The standard InChI is InChI=1S/C28H27N5OS/c1-30-23-12-19(9-10-20(23)15-29)27-22-14-25-21(28(22)32-31-27)13-24(35-25)18-7-5-17(6-8-18)16-33-11-3-2-4-26(33)34/h5-10,12-13,15,29-30H,2-4,11,14,16H2,1H3,(H,31,32). The lowest BCUT2D eigenvalue weighted by Crippen LogP contribution is -2.34. The summed E-state index contributed by atoms with van der Waals surface area (Å²) < 4.78 is 0. The number of rotatable bonds is 6. The summed E-state index contributed by atoms with van der Waals surface area (Å²) in [6.07, 6.45) is 5.04. The first kappa shape index (κ1) is 21.8. The second-order valence-corrected chi connectivity index (χ2v) is 10.4. The predicted molar refractivity (Wildman–Crippen MR) is 142 cm³/mol. The Hall–Kier alpha value is -3.71. The van der Waals surface area contributed by atoms with Gasteiger partial charge in [-0.2, -0.15) is 5.10 Å². The maximum atomic E-state index is 12.1. The van der Waals surface area contributed by atoms with Crippen molar-refractivity contribution in [2.24, 2.45) is 0 Å². The third-order valence-corrected chi connectivity index (χ3v) is 8.25. The summed E-state index contributed by atoms with van der Waals surface area (Å²) in [5.74, 6) is 0.276. The molecule has 0 spiro atoms. The number of benzene rings is 2. The monoisotopic (exact) mass is 481 g/mol. The number of thiophene rings is 1. The Morgan fingerprint density at radius 1 is 1.14 bits per heavy atom. The Labute approximate surface area is 208 Å².